The molecule has 4 heteroatoms. The largest absolute Gasteiger partial charge is 0.444 e. The molecule has 1 rings (SSSR count). The number of amides is 1. The van der Waals surface area contributed by atoms with Crippen molar-refractivity contribution < 1.29 is 9.53 Å². The molecule has 19 heavy (non-hydrogen) atoms. The van der Waals surface area contributed by atoms with Crippen LogP contribution < -0.4 is 11.1 Å². The van der Waals surface area contributed by atoms with Gasteiger partial charge in [0.1, 0.15) is 5.60 Å². The summed E-state index contributed by atoms with van der Waals surface area (Å²) in [7, 11) is 0. The van der Waals surface area contributed by atoms with E-state index in [0.717, 1.165) is 25.9 Å². The highest BCUT2D eigenvalue weighted by molar-refractivity contribution is 5.65. The second-order valence-corrected chi connectivity index (χ2v) is 5.39. The first-order valence-electron chi connectivity index (χ1n) is 6.64. The van der Waals surface area contributed by atoms with Gasteiger partial charge in [0.15, 0.2) is 0 Å². The summed E-state index contributed by atoms with van der Waals surface area (Å²) in [5, 5.41) is 3.40. The average Bonchev–Trinajstić information content (AvgIpc) is 2.29. The second kappa shape index (κ2) is 7.14. The number of aryl methyl sites for hydroxylation is 1. The minimum atomic E-state index is -0.710. The zero-order valence-corrected chi connectivity index (χ0v) is 12.0. The van der Waals surface area contributed by atoms with Crippen LogP contribution in [0.25, 0.3) is 0 Å². The molecule has 0 atom stereocenters. The van der Waals surface area contributed by atoms with Crippen LogP contribution in [0.5, 0.6) is 0 Å². The van der Waals surface area contributed by atoms with Crippen molar-refractivity contribution in [2.45, 2.75) is 45.8 Å². The number of hydrogen-bond acceptors (Lipinski definition) is 3. The van der Waals surface area contributed by atoms with E-state index in [1.807, 2.05) is 26.0 Å². The lowest BCUT2D eigenvalue weighted by molar-refractivity contribution is 0.0377. The van der Waals surface area contributed by atoms with Crippen LogP contribution in [0, 0.1) is 6.92 Å². The topological polar surface area (TPSA) is 64.3 Å². The van der Waals surface area contributed by atoms with Crippen LogP contribution in [-0.4, -0.2) is 18.2 Å². The van der Waals surface area contributed by atoms with Crippen molar-refractivity contribution >= 4 is 6.09 Å². The van der Waals surface area contributed by atoms with Gasteiger partial charge in [-0.1, -0.05) is 24.3 Å². The van der Waals surface area contributed by atoms with Gasteiger partial charge in [-0.05, 0) is 51.3 Å². The van der Waals surface area contributed by atoms with Crippen LogP contribution in [0.15, 0.2) is 24.3 Å². The van der Waals surface area contributed by atoms with Gasteiger partial charge in [-0.3, -0.25) is 0 Å². The predicted octanol–water partition coefficient (Wildman–Crippen LogP) is 2.74. The molecule has 0 radical (unpaired) electrons. The van der Waals surface area contributed by atoms with Gasteiger partial charge < -0.3 is 15.8 Å². The summed E-state index contributed by atoms with van der Waals surface area (Å²) < 4.78 is 5.03. The molecule has 1 aromatic carbocycles. The van der Waals surface area contributed by atoms with Gasteiger partial charge in [0.25, 0.3) is 0 Å². The molecule has 0 spiro atoms. The zero-order valence-electron chi connectivity index (χ0n) is 12.0. The van der Waals surface area contributed by atoms with Crippen molar-refractivity contribution in [3.05, 3.63) is 35.4 Å². The minimum Gasteiger partial charge on any atom is -0.444 e. The van der Waals surface area contributed by atoms with Crippen molar-refractivity contribution in [1.82, 2.24) is 5.32 Å². The first kappa shape index (κ1) is 15.5. The van der Waals surface area contributed by atoms with E-state index in [-0.39, 0.29) is 0 Å². The Kier molecular flexibility index (Phi) is 5.83. The van der Waals surface area contributed by atoms with Crippen LogP contribution in [0.1, 0.15) is 37.8 Å². The summed E-state index contributed by atoms with van der Waals surface area (Å²) in [6.07, 6.45) is 1.01. The van der Waals surface area contributed by atoms with E-state index in [4.69, 9.17) is 10.5 Å². The average molecular weight is 264 g/mol. The van der Waals surface area contributed by atoms with E-state index in [2.05, 4.69) is 24.4 Å². The summed E-state index contributed by atoms with van der Waals surface area (Å²) in [5.74, 6) is 0. The summed E-state index contributed by atoms with van der Waals surface area (Å²) in [4.78, 5) is 10.7. The van der Waals surface area contributed by atoms with E-state index in [9.17, 15) is 4.79 Å². The van der Waals surface area contributed by atoms with Crippen LogP contribution in [0.2, 0.25) is 0 Å². The molecule has 0 bridgehead atoms. The Balaban J connectivity index is 2.21. The summed E-state index contributed by atoms with van der Waals surface area (Å²) >= 11 is 0. The molecule has 1 aromatic rings. The smallest absolute Gasteiger partial charge is 0.405 e. The van der Waals surface area contributed by atoms with Gasteiger partial charge in [-0.2, -0.15) is 0 Å². The highest BCUT2D eigenvalue weighted by atomic mass is 16.6. The first-order valence-corrected chi connectivity index (χ1v) is 6.64. The number of rotatable bonds is 7. The molecular formula is C15H24N2O2. The zero-order chi connectivity index (χ0) is 14.3. The monoisotopic (exact) mass is 264 g/mol. The fourth-order valence-electron chi connectivity index (χ4n) is 1.99. The Labute approximate surface area is 115 Å². The second-order valence-electron chi connectivity index (χ2n) is 5.39. The van der Waals surface area contributed by atoms with E-state index < -0.39 is 11.7 Å². The predicted molar refractivity (Wildman–Crippen MR) is 76.9 cm³/mol. The number of nitrogens with two attached hydrogens (primary N) is 1. The fourth-order valence-corrected chi connectivity index (χ4v) is 1.99. The number of primary amides is 1. The van der Waals surface area contributed by atoms with Crippen molar-refractivity contribution in [3.63, 3.8) is 0 Å². The molecule has 0 aliphatic carbocycles. The molecule has 0 unspecified atom stereocenters. The number of carbonyl (C=O) groups excluding carboxylic acids is 1. The molecule has 106 valence electrons. The number of hydrogen-bond donors (Lipinski definition) is 2. The van der Waals surface area contributed by atoms with Crippen LogP contribution >= 0.6 is 0 Å². The van der Waals surface area contributed by atoms with E-state index in [0.29, 0.717) is 0 Å². The fraction of sp³-hybridized carbons (Fsp3) is 0.533. The third-order valence-corrected chi connectivity index (χ3v) is 3.09. The first-order chi connectivity index (χ1) is 8.91. The Hall–Kier alpha value is -1.55. The van der Waals surface area contributed by atoms with Crippen LogP contribution in [-0.2, 0) is 11.3 Å². The molecule has 0 heterocycles. The van der Waals surface area contributed by atoms with E-state index in [1.165, 1.54) is 11.1 Å². The van der Waals surface area contributed by atoms with Crippen LogP contribution in [0.3, 0.4) is 0 Å². The lowest BCUT2D eigenvalue weighted by atomic mass is 10.0. The lowest BCUT2D eigenvalue weighted by Gasteiger charge is -2.23. The standard InChI is InChI=1S/C15H24N2O2/c1-12-7-4-5-8-13(12)11-17-10-6-9-15(2,3)19-14(16)18/h4-5,7-8,17H,6,9-11H2,1-3H3,(H2,16,18). The number of nitrogens with one attached hydrogen (secondary N) is 1. The van der Waals surface area contributed by atoms with Crippen LogP contribution in [0.4, 0.5) is 4.79 Å². The number of carbonyl (C=O) groups is 1. The van der Waals surface area contributed by atoms with Crippen molar-refractivity contribution in [3.8, 4) is 0 Å². The third-order valence-electron chi connectivity index (χ3n) is 3.09. The molecule has 0 aromatic heterocycles. The quantitative estimate of drug-likeness (QED) is 0.744. The van der Waals surface area contributed by atoms with E-state index in [1.54, 1.807) is 0 Å². The van der Waals surface area contributed by atoms with Gasteiger partial charge >= 0.3 is 6.09 Å². The lowest BCUT2D eigenvalue weighted by Crippen LogP contribution is -2.32. The maximum absolute atomic E-state index is 10.7. The summed E-state index contributed by atoms with van der Waals surface area (Å²) in [6, 6.07) is 8.33. The third kappa shape index (κ3) is 6.25. The van der Waals surface area contributed by atoms with Gasteiger partial charge in [-0.25, -0.2) is 4.79 Å². The van der Waals surface area contributed by atoms with Crippen molar-refractivity contribution in [2.75, 3.05) is 6.54 Å². The van der Waals surface area contributed by atoms with Gasteiger partial charge in [-0.15, -0.1) is 0 Å². The van der Waals surface area contributed by atoms with Crippen molar-refractivity contribution in [1.29, 1.82) is 0 Å². The maximum Gasteiger partial charge on any atom is 0.405 e. The van der Waals surface area contributed by atoms with Gasteiger partial charge in [0, 0.05) is 6.54 Å². The van der Waals surface area contributed by atoms with Crippen molar-refractivity contribution in [2.24, 2.45) is 5.73 Å². The summed E-state index contributed by atoms with van der Waals surface area (Å²) in [6.45, 7) is 7.61. The Morgan fingerprint density at radius 2 is 2.05 bits per heavy atom. The number of ether oxygens (including phenoxy) is 1. The maximum atomic E-state index is 10.7. The van der Waals surface area contributed by atoms with Gasteiger partial charge in [0.2, 0.25) is 0 Å². The molecule has 0 saturated carbocycles. The SMILES string of the molecule is Cc1ccccc1CNCCCC(C)(C)OC(N)=O. The molecule has 0 fully saturated rings. The van der Waals surface area contributed by atoms with Gasteiger partial charge in [0.05, 0.1) is 0 Å². The Morgan fingerprint density at radius 3 is 2.68 bits per heavy atom. The number of benzene rings is 1. The Morgan fingerprint density at radius 1 is 1.37 bits per heavy atom. The minimum absolute atomic E-state index is 0.490. The normalized spacial score (nSPS) is 11.3. The van der Waals surface area contributed by atoms with E-state index >= 15 is 0 Å². The highest BCUT2D eigenvalue weighted by Gasteiger charge is 2.20. The molecule has 0 aliphatic rings. The molecular weight excluding hydrogens is 240 g/mol. The Bertz CT molecular complexity index is 416. The highest BCUT2D eigenvalue weighted by Crippen LogP contribution is 2.16. The molecule has 0 aliphatic heterocycles. The molecule has 0 saturated heterocycles. The molecule has 4 nitrogen and oxygen atoms in total. The summed E-state index contributed by atoms with van der Waals surface area (Å²) in [5.41, 5.74) is 7.15. The molecule has 1 amide bonds. The molecule has 3 N–H and O–H groups in total.